The first kappa shape index (κ1) is 18.6. The standard InChI is InChI=1S/C21H22N2O4/c1-12-9-10-18(27-4)17(11-12)13(2)22-19(24)14(3)23-20(25)15-7-5-6-8-16(15)21(23)26/h5-11,13-14H,1-4H3,(H,22,24). The third-order valence-electron chi connectivity index (χ3n) is 4.80. The first-order valence-corrected chi connectivity index (χ1v) is 8.77. The Morgan fingerprint density at radius 2 is 1.63 bits per heavy atom. The summed E-state index contributed by atoms with van der Waals surface area (Å²) >= 11 is 0. The number of hydrogen-bond acceptors (Lipinski definition) is 4. The lowest BCUT2D eigenvalue weighted by Crippen LogP contribution is -2.48. The summed E-state index contributed by atoms with van der Waals surface area (Å²) in [5.41, 5.74) is 2.53. The molecular formula is C21H22N2O4. The molecule has 1 aliphatic heterocycles. The molecule has 0 fully saturated rings. The van der Waals surface area contributed by atoms with Crippen LogP contribution in [0, 0.1) is 6.92 Å². The van der Waals surface area contributed by atoms with Gasteiger partial charge in [0.05, 0.1) is 24.3 Å². The second kappa shape index (κ2) is 7.23. The van der Waals surface area contributed by atoms with Crippen LogP contribution in [0.4, 0.5) is 0 Å². The van der Waals surface area contributed by atoms with E-state index in [4.69, 9.17) is 4.74 Å². The fourth-order valence-electron chi connectivity index (χ4n) is 3.28. The maximum absolute atomic E-state index is 12.7. The van der Waals surface area contributed by atoms with Crippen molar-refractivity contribution in [2.75, 3.05) is 7.11 Å². The average Bonchev–Trinajstić information content (AvgIpc) is 2.92. The second-order valence-electron chi connectivity index (χ2n) is 6.68. The maximum Gasteiger partial charge on any atom is 0.262 e. The SMILES string of the molecule is COc1ccc(C)cc1C(C)NC(=O)C(C)N1C(=O)c2ccccc2C1=O. The maximum atomic E-state index is 12.7. The second-order valence-corrected chi connectivity index (χ2v) is 6.68. The topological polar surface area (TPSA) is 75.7 Å². The molecule has 2 aromatic carbocycles. The summed E-state index contributed by atoms with van der Waals surface area (Å²) in [5.74, 6) is -0.625. The number of fused-ring (bicyclic) bond motifs is 1. The van der Waals surface area contributed by atoms with Crippen LogP contribution < -0.4 is 10.1 Å². The third kappa shape index (κ3) is 3.30. The van der Waals surface area contributed by atoms with Gasteiger partial charge >= 0.3 is 0 Å². The van der Waals surface area contributed by atoms with Gasteiger partial charge in [-0.1, -0.05) is 29.8 Å². The van der Waals surface area contributed by atoms with E-state index in [2.05, 4.69) is 5.32 Å². The van der Waals surface area contributed by atoms with Crippen LogP contribution in [0.25, 0.3) is 0 Å². The largest absolute Gasteiger partial charge is 0.496 e. The first-order valence-electron chi connectivity index (χ1n) is 8.77. The van der Waals surface area contributed by atoms with Gasteiger partial charge in [-0.2, -0.15) is 0 Å². The summed E-state index contributed by atoms with van der Waals surface area (Å²) in [6, 6.07) is 11.0. The van der Waals surface area contributed by atoms with Crippen molar-refractivity contribution in [3.05, 3.63) is 64.7 Å². The van der Waals surface area contributed by atoms with Crippen LogP contribution in [-0.2, 0) is 4.79 Å². The number of aryl methyl sites for hydroxylation is 1. The summed E-state index contributed by atoms with van der Waals surface area (Å²) in [6.07, 6.45) is 0. The van der Waals surface area contributed by atoms with Gasteiger partial charge in [0.2, 0.25) is 5.91 Å². The Morgan fingerprint density at radius 3 is 2.19 bits per heavy atom. The van der Waals surface area contributed by atoms with E-state index in [1.807, 2.05) is 32.0 Å². The fourth-order valence-corrected chi connectivity index (χ4v) is 3.28. The van der Waals surface area contributed by atoms with E-state index in [1.54, 1.807) is 38.3 Å². The van der Waals surface area contributed by atoms with E-state index in [0.29, 0.717) is 16.9 Å². The van der Waals surface area contributed by atoms with Crippen molar-refractivity contribution in [2.24, 2.45) is 0 Å². The van der Waals surface area contributed by atoms with Crippen molar-refractivity contribution in [2.45, 2.75) is 32.9 Å². The van der Waals surface area contributed by atoms with Gasteiger partial charge in [-0.15, -0.1) is 0 Å². The van der Waals surface area contributed by atoms with Gasteiger partial charge in [0.15, 0.2) is 0 Å². The number of imide groups is 1. The number of nitrogens with one attached hydrogen (secondary N) is 1. The van der Waals surface area contributed by atoms with Crippen molar-refractivity contribution < 1.29 is 19.1 Å². The molecule has 6 nitrogen and oxygen atoms in total. The van der Waals surface area contributed by atoms with E-state index < -0.39 is 23.8 Å². The summed E-state index contributed by atoms with van der Waals surface area (Å²) in [4.78, 5) is 38.9. The molecule has 0 aromatic heterocycles. The zero-order chi connectivity index (χ0) is 19.7. The van der Waals surface area contributed by atoms with Gasteiger partial charge < -0.3 is 10.1 Å². The minimum Gasteiger partial charge on any atom is -0.496 e. The molecule has 140 valence electrons. The highest BCUT2D eigenvalue weighted by molar-refractivity contribution is 6.22. The molecular weight excluding hydrogens is 344 g/mol. The smallest absolute Gasteiger partial charge is 0.262 e. The van der Waals surface area contributed by atoms with Crippen LogP contribution in [0.3, 0.4) is 0 Å². The molecule has 1 aliphatic rings. The number of methoxy groups -OCH3 is 1. The van der Waals surface area contributed by atoms with Crippen molar-refractivity contribution in [3.8, 4) is 5.75 Å². The molecule has 6 heteroatoms. The van der Waals surface area contributed by atoms with Crippen molar-refractivity contribution in [3.63, 3.8) is 0 Å². The Hall–Kier alpha value is -3.15. The van der Waals surface area contributed by atoms with Crippen LogP contribution in [-0.4, -0.2) is 35.8 Å². The van der Waals surface area contributed by atoms with Crippen molar-refractivity contribution >= 4 is 17.7 Å². The number of benzene rings is 2. The summed E-state index contributed by atoms with van der Waals surface area (Å²) in [5, 5.41) is 2.88. The third-order valence-corrected chi connectivity index (χ3v) is 4.80. The zero-order valence-electron chi connectivity index (χ0n) is 15.8. The fraction of sp³-hybridized carbons (Fsp3) is 0.286. The molecule has 2 unspecified atom stereocenters. The molecule has 0 aliphatic carbocycles. The van der Waals surface area contributed by atoms with Gasteiger partial charge in [0.1, 0.15) is 11.8 Å². The van der Waals surface area contributed by atoms with E-state index in [1.165, 1.54) is 0 Å². The molecule has 0 saturated carbocycles. The molecule has 0 radical (unpaired) electrons. The predicted molar refractivity (Wildman–Crippen MR) is 101 cm³/mol. The summed E-state index contributed by atoms with van der Waals surface area (Å²) in [6.45, 7) is 5.35. The molecule has 3 amide bonds. The Morgan fingerprint density at radius 1 is 1.04 bits per heavy atom. The molecule has 1 heterocycles. The van der Waals surface area contributed by atoms with Crippen LogP contribution in [0.1, 0.15) is 51.7 Å². The van der Waals surface area contributed by atoms with Crippen LogP contribution in [0.15, 0.2) is 42.5 Å². The Kier molecular flexibility index (Phi) is 4.99. The van der Waals surface area contributed by atoms with Crippen LogP contribution in [0.2, 0.25) is 0 Å². The Bertz CT molecular complexity index is 887. The van der Waals surface area contributed by atoms with E-state index in [-0.39, 0.29) is 6.04 Å². The number of hydrogen-bond donors (Lipinski definition) is 1. The predicted octanol–water partition coefficient (Wildman–Crippen LogP) is 2.87. The number of nitrogens with zero attached hydrogens (tertiary/aromatic N) is 1. The highest BCUT2D eigenvalue weighted by atomic mass is 16.5. The highest BCUT2D eigenvalue weighted by Crippen LogP contribution is 2.27. The molecule has 2 atom stereocenters. The first-order chi connectivity index (χ1) is 12.8. The molecule has 0 saturated heterocycles. The molecule has 3 rings (SSSR count). The van der Waals surface area contributed by atoms with Gasteiger partial charge in [0, 0.05) is 5.56 Å². The van der Waals surface area contributed by atoms with Gasteiger partial charge in [0.25, 0.3) is 11.8 Å². The molecule has 27 heavy (non-hydrogen) atoms. The quantitative estimate of drug-likeness (QED) is 0.826. The number of carbonyl (C=O) groups excluding carboxylic acids is 3. The van der Waals surface area contributed by atoms with E-state index >= 15 is 0 Å². The summed E-state index contributed by atoms with van der Waals surface area (Å²) in [7, 11) is 1.57. The number of amides is 3. The number of carbonyl (C=O) groups is 3. The van der Waals surface area contributed by atoms with Crippen molar-refractivity contribution in [1.29, 1.82) is 0 Å². The molecule has 1 N–H and O–H groups in total. The minimum atomic E-state index is -0.921. The van der Waals surface area contributed by atoms with E-state index in [9.17, 15) is 14.4 Å². The van der Waals surface area contributed by atoms with Crippen molar-refractivity contribution in [1.82, 2.24) is 10.2 Å². The molecule has 0 bridgehead atoms. The van der Waals surface area contributed by atoms with Crippen LogP contribution in [0.5, 0.6) is 5.75 Å². The number of ether oxygens (including phenoxy) is 1. The minimum absolute atomic E-state index is 0.329. The highest BCUT2D eigenvalue weighted by Gasteiger charge is 2.40. The monoisotopic (exact) mass is 366 g/mol. The van der Waals surface area contributed by atoms with Crippen LogP contribution >= 0.6 is 0 Å². The Labute approximate surface area is 158 Å². The lowest BCUT2D eigenvalue weighted by molar-refractivity contribution is -0.125. The Balaban J connectivity index is 1.78. The lowest BCUT2D eigenvalue weighted by Gasteiger charge is -2.24. The lowest BCUT2D eigenvalue weighted by atomic mass is 10.0. The summed E-state index contributed by atoms with van der Waals surface area (Å²) < 4.78 is 5.37. The van der Waals surface area contributed by atoms with E-state index in [0.717, 1.165) is 16.0 Å². The zero-order valence-corrected chi connectivity index (χ0v) is 15.8. The molecule has 0 spiro atoms. The normalized spacial score (nSPS) is 15.3. The average molecular weight is 366 g/mol. The van der Waals surface area contributed by atoms with Gasteiger partial charge in [-0.25, -0.2) is 0 Å². The number of rotatable bonds is 5. The van der Waals surface area contributed by atoms with Gasteiger partial charge in [-0.05, 0) is 39.0 Å². The van der Waals surface area contributed by atoms with Gasteiger partial charge in [-0.3, -0.25) is 19.3 Å². The molecule has 2 aromatic rings.